The van der Waals surface area contributed by atoms with Gasteiger partial charge in [-0.15, -0.1) is 0 Å². The van der Waals surface area contributed by atoms with Crippen molar-refractivity contribution in [2.75, 3.05) is 13.1 Å². The number of aromatic amines is 2. The van der Waals surface area contributed by atoms with Gasteiger partial charge in [0, 0.05) is 42.3 Å². The maximum absolute atomic E-state index is 13.2. The van der Waals surface area contributed by atoms with E-state index in [2.05, 4.69) is 25.3 Å². The van der Waals surface area contributed by atoms with Crippen LogP contribution in [0.5, 0.6) is 0 Å². The van der Waals surface area contributed by atoms with Crippen LogP contribution >= 0.6 is 23.2 Å². The van der Waals surface area contributed by atoms with E-state index in [9.17, 15) is 9.59 Å². The fraction of sp³-hybridized carbons (Fsp3) is 0.280. The van der Waals surface area contributed by atoms with Gasteiger partial charge < -0.3 is 25.9 Å². The first-order chi connectivity index (χ1) is 17.4. The van der Waals surface area contributed by atoms with E-state index in [1.807, 2.05) is 6.07 Å². The highest BCUT2D eigenvalue weighted by molar-refractivity contribution is 6.34. The van der Waals surface area contributed by atoms with Crippen LogP contribution in [0.4, 0.5) is 0 Å². The second kappa shape index (κ2) is 10.3. The fourth-order valence-corrected chi connectivity index (χ4v) is 4.99. The predicted molar refractivity (Wildman–Crippen MR) is 138 cm³/mol. The second-order valence-electron chi connectivity index (χ2n) is 8.80. The van der Waals surface area contributed by atoms with Crippen molar-refractivity contribution in [2.45, 2.75) is 31.3 Å². The lowest BCUT2D eigenvalue weighted by Crippen LogP contribution is -2.40. The van der Waals surface area contributed by atoms with E-state index in [-0.39, 0.29) is 22.9 Å². The van der Waals surface area contributed by atoms with Crippen LogP contribution in [0.3, 0.4) is 0 Å². The standard InChI is InChI=1S/C25H25Cl2N7O2/c26-15-4-6-20-21(9-15)32-23(31-20)22(10-16-12-29-13-30-16)33-24(35)14-3-5-18(19(27)8-14)25(36)34-7-1-2-17(34)11-28/h3-6,8-9,12-13,17,22H,1-2,7,10-11,28H2,(H,29,30)(H,31,32)(H,33,35). The Morgan fingerprint density at radius 1 is 1.22 bits per heavy atom. The molecular formula is C25H25Cl2N7O2. The van der Waals surface area contributed by atoms with Crippen molar-refractivity contribution in [3.05, 3.63) is 81.6 Å². The molecular weight excluding hydrogens is 501 g/mol. The molecule has 2 amide bonds. The summed E-state index contributed by atoms with van der Waals surface area (Å²) in [7, 11) is 0. The number of amides is 2. The zero-order valence-electron chi connectivity index (χ0n) is 19.3. The molecule has 0 spiro atoms. The van der Waals surface area contributed by atoms with E-state index in [1.54, 1.807) is 41.7 Å². The van der Waals surface area contributed by atoms with Crippen LogP contribution < -0.4 is 11.1 Å². The molecule has 9 nitrogen and oxygen atoms in total. The van der Waals surface area contributed by atoms with Crippen molar-refractivity contribution in [1.82, 2.24) is 30.2 Å². The number of rotatable bonds is 7. The van der Waals surface area contributed by atoms with Gasteiger partial charge in [-0.25, -0.2) is 9.97 Å². The van der Waals surface area contributed by atoms with E-state index in [0.717, 1.165) is 24.1 Å². The maximum atomic E-state index is 13.2. The Bertz CT molecular complexity index is 1400. The average Bonchev–Trinajstić information content (AvgIpc) is 3.63. The van der Waals surface area contributed by atoms with Gasteiger partial charge in [0.05, 0.1) is 39.7 Å². The molecule has 2 aromatic carbocycles. The number of H-pyrrole nitrogens is 2. The molecule has 2 atom stereocenters. The number of nitrogens with zero attached hydrogens (tertiary/aromatic N) is 3. The minimum absolute atomic E-state index is 0.0121. The largest absolute Gasteiger partial charge is 0.351 e. The van der Waals surface area contributed by atoms with Gasteiger partial charge in [0.25, 0.3) is 11.8 Å². The zero-order valence-corrected chi connectivity index (χ0v) is 20.8. The maximum Gasteiger partial charge on any atom is 0.255 e. The molecule has 1 aliphatic rings. The summed E-state index contributed by atoms with van der Waals surface area (Å²) in [5.41, 5.74) is 8.77. The van der Waals surface area contributed by atoms with E-state index in [0.29, 0.717) is 47.0 Å². The number of hydrogen-bond acceptors (Lipinski definition) is 5. The number of likely N-dealkylation sites (tertiary alicyclic amines) is 1. The molecule has 3 heterocycles. The quantitative estimate of drug-likeness (QED) is 0.290. The van der Waals surface area contributed by atoms with E-state index < -0.39 is 6.04 Å². The Labute approximate surface area is 217 Å². The number of fused-ring (bicyclic) bond motifs is 1. The van der Waals surface area contributed by atoms with Crippen LogP contribution in [-0.2, 0) is 6.42 Å². The number of nitrogens with one attached hydrogen (secondary N) is 3. The van der Waals surface area contributed by atoms with E-state index in [4.69, 9.17) is 28.9 Å². The van der Waals surface area contributed by atoms with Gasteiger partial charge in [0.2, 0.25) is 0 Å². The summed E-state index contributed by atoms with van der Waals surface area (Å²) in [4.78, 5) is 43.1. The lowest BCUT2D eigenvalue weighted by molar-refractivity contribution is 0.0740. The molecule has 2 aromatic heterocycles. The summed E-state index contributed by atoms with van der Waals surface area (Å²) in [6.45, 7) is 1.06. The van der Waals surface area contributed by atoms with Gasteiger partial charge in [0.1, 0.15) is 5.82 Å². The molecule has 0 saturated carbocycles. The Balaban J connectivity index is 1.38. The molecule has 1 aliphatic heterocycles. The fourth-order valence-electron chi connectivity index (χ4n) is 4.57. The highest BCUT2D eigenvalue weighted by Gasteiger charge is 2.30. The lowest BCUT2D eigenvalue weighted by Gasteiger charge is -2.24. The molecule has 0 bridgehead atoms. The summed E-state index contributed by atoms with van der Waals surface area (Å²) in [5.74, 6) is 0.0524. The molecule has 186 valence electrons. The highest BCUT2D eigenvalue weighted by atomic mass is 35.5. The number of halogens is 2. The van der Waals surface area contributed by atoms with Crippen molar-refractivity contribution >= 4 is 46.0 Å². The Kier molecular flexibility index (Phi) is 6.95. The third-order valence-corrected chi connectivity index (χ3v) is 6.99. The molecule has 11 heteroatoms. The summed E-state index contributed by atoms with van der Waals surface area (Å²) in [6.07, 6.45) is 5.55. The van der Waals surface area contributed by atoms with Crippen LogP contribution in [0.2, 0.25) is 10.0 Å². The third kappa shape index (κ3) is 4.95. The van der Waals surface area contributed by atoms with Gasteiger partial charge in [0.15, 0.2) is 0 Å². The number of aromatic nitrogens is 4. The van der Waals surface area contributed by atoms with Crippen LogP contribution in [0.15, 0.2) is 48.9 Å². The average molecular weight is 526 g/mol. The normalized spacial score (nSPS) is 16.4. The van der Waals surface area contributed by atoms with Crippen LogP contribution in [-0.4, -0.2) is 55.8 Å². The summed E-state index contributed by atoms with van der Waals surface area (Å²) in [5, 5.41) is 3.81. The molecule has 1 saturated heterocycles. The third-order valence-electron chi connectivity index (χ3n) is 6.44. The molecule has 36 heavy (non-hydrogen) atoms. The van der Waals surface area contributed by atoms with Crippen LogP contribution in [0.25, 0.3) is 11.0 Å². The van der Waals surface area contributed by atoms with Crippen molar-refractivity contribution in [3.63, 3.8) is 0 Å². The van der Waals surface area contributed by atoms with Gasteiger partial charge >= 0.3 is 0 Å². The first kappa shape index (κ1) is 24.3. The number of carbonyl (C=O) groups is 2. The van der Waals surface area contributed by atoms with E-state index >= 15 is 0 Å². The van der Waals surface area contributed by atoms with Crippen molar-refractivity contribution in [1.29, 1.82) is 0 Å². The number of hydrogen-bond donors (Lipinski definition) is 4. The molecule has 5 N–H and O–H groups in total. The Morgan fingerprint density at radius 3 is 2.83 bits per heavy atom. The lowest BCUT2D eigenvalue weighted by atomic mass is 10.1. The molecule has 1 fully saturated rings. The molecule has 2 unspecified atom stereocenters. The van der Waals surface area contributed by atoms with Gasteiger partial charge in [-0.2, -0.15) is 0 Å². The Morgan fingerprint density at radius 2 is 2.08 bits per heavy atom. The number of benzene rings is 2. The predicted octanol–water partition coefficient (Wildman–Crippen LogP) is 3.87. The van der Waals surface area contributed by atoms with Gasteiger partial charge in [-0.05, 0) is 49.2 Å². The number of imidazole rings is 2. The monoisotopic (exact) mass is 525 g/mol. The minimum Gasteiger partial charge on any atom is -0.351 e. The smallest absolute Gasteiger partial charge is 0.255 e. The number of carbonyl (C=O) groups excluding carboxylic acids is 2. The second-order valence-corrected chi connectivity index (χ2v) is 9.64. The molecule has 5 rings (SSSR count). The van der Waals surface area contributed by atoms with Crippen molar-refractivity contribution in [2.24, 2.45) is 5.73 Å². The minimum atomic E-state index is -0.498. The van der Waals surface area contributed by atoms with Crippen molar-refractivity contribution in [3.8, 4) is 0 Å². The zero-order chi connectivity index (χ0) is 25.2. The molecule has 4 aromatic rings. The number of nitrogens with two attached hydrogens (primary N) is 1. The first-order valence-corrected chi connectivity index (χ1v) is 12.4. The molecule has 0 radical (unpaired) electrons. The van der Waals surface area contributed by atoms with Crippen LogP contribution in [0, 0.1) is 0 Å². The Hall–Kier alpha value is -3.40. The van der Waals surface area contributed by atoms with Gasteiger partial charge in [-0.1, -0.05) is 23.2 Å². The topological polar surface area (TPSA) is 133 Å². The summed E-state index contributed by atoms with van der Waals surface area (Å²) >= 11 is 12.6. The highest BCUT2D eigenvalue weighted by Crippen LogP contribution is 2.26. The summed E-state index contributed by atoms with van der Waals surface area (Å²) in [6, 6.07) is 9.60. The first-order valence-electron chi connectivity index (χ1n) is 11.7. The SMILES string of the molecule is NCC1CCCN1C(=O)c1ccc(C(=O)NC(Cc2c[nH]cn2)c2nc3cc(Cl)ccc3[nH]2)cc1Cl. The van der Waals surface area contributed by atoms with E-state index in [1.165, 1.54) is 6.07 Å². The summed E-state index contributed by atoms with van der Waals surface area (Å²) < 4.78 is 0. The van der Waals surface area contributed by atoms with Crippen molar-refractivity contribution < 1.29 is 9.59 Å². The van der Waals surface area contributed by atoms with Crippen LogP contribution in [0.1, 0.15) is 51.1 Å². The molecule has 0 aliphatic carbocycles. The van der Waals surface area contributed by atoms with Gasteiger partial charge in [-0.3, -0.25) is 9.59 Å².